The Kier molecular flexibility index (Phi) is 7.95. The quantitative estimate of drug-likeness (QED) is 0.520. The standard InChI is InChI=1S/C20H34N6O2S2/c1-13-5-14(2)8-24(7-13)17(27)11-29-19-22-23-20(26(19)21)30-12-18(28)25-9-15(3)6-16(4)10-25/h13-16H,5-12,21H2,1-4H3/t13-,14+,15-,16+. The maximum Gasteiger partial charge on any atom is 0.233 e. The van der Waals surface area contributed by atoms with Crippen LogP contribution in [0.5, 0.6) is 0 Å². The number of rotatable bonds is 6. The van der Waals surface area contributed by atoms with Gasteiger partial charge < -0.3 is 15.6 Å². The number of aromatic nitrogens is 3. The summed E-state index contributed by atoms with van der Waals surface area (Å²) in [5, 5.41) is 9.22. The first-order valence-electron chi connectivity index (χ1n) is 10.7. The summed E-state index contributed by atoms with van der Waals surface area (Å²) in [7, 11) is 0. The molecule has 0 saturated carbocycles. The van der Waals surface area contributed by atoms with Crippen molar-refractivity contribution in [1.29, 1.82) is 0 Å². The zero-order valence-corrected chi connectivity index (χ0v) is 20.0. The summed E-state index contributed by atoms with van der Waals surface area (Å²) in [6, 6.07) is 0. The highest BCUT2D eigenvalue weighted by Crippen LogP contribution is 2.26. The highest BCUT2D eigenvalue weighted by atomic mass is 32.2. The van der Waals surface area contributed by atoms with Crippen molar-refractivity contribution in [2.75, 3.05) is 43.5 Å². The molecule has 0 radical (unpaired) electrons. The lowest BCUT2D eigenvalue weighted by molar-refractivity contribution is -0.131. The summed E-state index contributed by atoms with van der Waals surface area (Å²) >= 11 is 2.60. The van der Waals surface area contributed by atoms with Crippen LogP contribution in [0.15, 0.2) is 10.3 Å². The molecule has 2 N–H and O–H groups in total. The molecule has 2 saturated heterocycles. The molecule has 3 heterocycles. The van der Waals surface area contributed by atoms with Crippen molar-refractivity contribution in [3.8, 4) is 0 Å². The van der Waals surface area contributed by atoms with Crippen LogP contribution in [0.1, 0.15) is 40.5 Å². The monoisotopic (exact) mass is 454 g/mol. The molecule has 1 aromatic rings. The van der Waals surface area contributed by atoms with Crippen molar-refractivity contribution in [3.05, 3.63) is 0 Å². The van der Waals surface area contributed by atoms with Crippen LogP contribution < -0.4 is 5.84 Å². The second-order valence-electron chi connectivity index (χ2n) is 9.20. The molecule has 2 amide bonds. The number of hydrogen-bond donors (Lipinski definition) is 1. The molecule has 10 heteroatoms. The Morgan fingerprint density at radius 2 is 1.13 bits per heavy atom. The minimum absolute atomic E-state index is 0.110. The molecule has 0 unspecified atom stereocenters. The minimum Gasteiger partial charge on any atom is -0.341 e. The fourth-order valence-electron chi connectivity index (χ4n) is 4.63. The van der Waals surface area contributed by atoms with E-state index in [1.165, 1.54) is 41.0 Å². The third kappa shape index (κ3) is 6.06. The van der Waals surface area contributed by atoms with E-state index >= 15 is 0 Å². The predicted molar refractivity (Wildman–Crippen MR) is 121 cm³/mol. The molecule has 168 valence electrons. The topological polar surface area (TPSA) is 97.4 Å². The summed E-state index contributed by atoms with van der Waals surface area (Å²) in [5.74, 6) is 9.07. The van der Waals surface area contributed by atoms with Crippen LogP contribution >= 0.6 is 23.5 Å². The van der Waals surface area contributed by atoms with Gasteiger partial charge in [0.2, 0.25) is 22.1 Å². The van der Waals surface area contributed by atoms with Crippen LogP contribution in [-0.2, 0) is 9.59 Å². The Bertz CT molecular complexity index is 678. The molecule has 0 aromatic carbocycles. The number of carbonyl (C=O) groups excluding carboxylic acids is 2. The number of hydrogen-bond acceptors (Lipinski definition) is 7. The second kappa shape index (κ2) is 10.3. The van der Waals surface area contributed by atoms with E-state index in [9.17, 15) is 9.59 Å². The normalized spacial score (nSPS) is 27.3. The number of amides is 2. The van der Waals surface area contributed by atoms with Crippen molar-refractivity contribution in [3.63, 3.8) is 0 Å². The Balaban J connectivity index is 1.48. The third-order valence-corrected chi connectivity index (χ3v) is 7.58. The van der Waals surface area contributed by atoms with Gasteiger partial charge in [0.15, 0.2) is 0 Å². The molecular weight excluding hydrogens is 420 g/mol. The van der Waals surface area contributed by atoms with Crippen LogP contribution in [0.2, 0.25) is 0 Å². The molecule has 2 aliphatic heterocycles. The first-order chi connectivity index (χ1) is 14.2. The average molecular weight is 455 g/mol. The molecule has 1 aromatic heterocycles. The van der Waals surface area contributed by atoms with E-state index in [1.807, 2.05) is 9.80 Å². The van der Waals surface area contributed by atoms with Gasteiger partial charge in [0.05, 0.1) is 11.5 Å². The predicted octanol–water partition coefficient (Wildman–Crippen LogP) is 2.19. The van der Waals surface area contributed by atoms with E-state index < -0.39 is 0 Å². The second-order valence-corrected chi connectivity index (χ2v) is 11.1. The first-order valence-corrected chi connectivity index (χ1v) is 12.7. The lowest BCUT2D eigenvalue weighted by Crippen LogP contribution is -2.43. The van der Waals surface area contributed by atoms with Gasteiger partial charge in [-0.1, -0.05) is 51.2 Å². The number of likely N-dealkylation sites (tertiary alicyclic amines) is 2. The Labute approximate surface area is 187 Å². The molecule has 3 rings (SSSR count). The smallest absolute Gasteiger partial charge is 0.233 e. The molecule has 4 atom stereocenters. The van der Waals surface area contributed by atoms with E-state index in [1.54, 1.807) is 0 Å². The minimum atomic E-state index is 0.110. The summed E-state index contributed by atoms with van der Waals surface area (Å²) in [6.45, 7) is 12.0. The van der Waals surface area contributed by atoms with Crippen molar-refractivity contribution in [2.45, 2.75) is 50.8 Å². The number of nitrogen functional groups attached to an aromatic ring is 1. The van der Waals surface area contributed by atoms with Crippen LogP contribution in [-0.4, -0.2) is 74.2 Å². The zero-order chi connectivity index (χ0) is 21.8. The highest BCUT2D eigenvalue weighted by Gasteiger charge is 2.27. The van der Waals surface area contributed by atoms with Crippen LogP contribution in [0.4, 0.5) is 0 Å². The Morgan fingerprint density at radius 3 is 1.47 bits per heavy atom. The number of nitrogens with zero attached hydrogens (tertiary/aromatic N) is 5. The van der Waals surface area contributed by atoms with Gasteiger partial charge in [0, 0.05) is 26.2 Å². The summed E-state index contributed by atoms with van der Waals surface area (Å²) in [5.41, 5.74) is 0. The van der Waals surface area contributed by atoms with Crippen molar-refractivity contribution in [1.82, 2.24) is 24.7 Å². The SMILES string of the molecule is C[C@@H]1C[C@H](C)CN(C(=O)CSc2nnc(SCC(=O)N3C[C@H](C)C[C@H](C)C3)n2N)C1. The van der Waals surface area contributed by atoms with Crippen LogP contribution in [0.25, 0.3) is 0 Å². The Morgan fingerprint density at radius 1 is 0.800 bits per heavy atom. The molecule has 2 fully saturated rings. The maximum atomic E-state index is 12.6. The van der Waals surface area contributed by atoms with Gasteiger partial charge in [-0.3, -0.25) is 9.59 Å². The number of piperidine rings is 2. The van der Waals surface area contributed by atoms with Gasteiger partial charge in [0.25, 0.3) is 0 Å². The van der Waals surface area contributed by atoms with Crippen LogP contribution in [0.3, 0.4) is 0 Å². The van der Waals surface area contributed by atoms with Crippen LogP contribution in [0, 0.1) is 23.7 Å². The maximum absolute atomic E-state index is 12.6. The fraction of sp³-hybridized carbons (Fsp3) is 0.800. The van der Waals surface area contributed by atoms with Gasteiger partial charge in [-0.05, 0) is 36.5 Å². The lowest BCUT2D eigenvalue weighted by atomic mass is 9.92. The molecule has 0 spiro atoms. The summed E-state index contributed by atoms with van der Waals surface area (Å²) in [4.78, 5) is 29.0. The lowest BCUT2D eigenvalue weighted by Gasteiger charge is -2.35. The number of nitrogens with two attached hydrogens (primary N) is 1. The van der Waals surface area contributed by atoms with Gasteiger partial charge in [-0.2, -0.15) is 0 Å². The Hall–Kier alpha value is -1.42. The molecular formula is C20H34N6O2S2. The fourth-order valence-corrected chi connectivity index (χ4v) is 6.21. The van der Waals surface area contributed by atoms with Crippen molar-refractivity contribution < 1.29 is 9.59 Å². The van der Waals surface area contributed by atoms with E-state index in [4.69, 9.17) is 5.84 Å². The first kappa shape index (κ1) is 23.2. The average Bonchev–Trinajstić information content (AvgIpc) is 3.02. The zero-order valence-electron chi connectivity index (χ0n) is 18.4. The van der Waals surface area contributed by atoms with E-state index in [2.05, 4.69) is 37.9 Å². The van der Waals surface area contributed by atoms with Gasteiger partial charge in [-0.25, -0.2) is 4.68 Å². The highest BCUT2D eigenvalue weighted by molar-refractivity contribution is 8.00. The molecule has 8 nitrogen and oxygen atoms in total. The van der Waals surface area contributed by atoms with Crippen molar-refractivity contribution >= 4 is 35.3 Å². The molecule has 2 aliphatic rings. The van der Waals surface area contributed by atoms with Gasteiger partial charge in [-0.15, -0.1) is 10.2 Å². The number of thioether (sulfide) groups is 2. The van der Waals surface area contributed by atoms with E-state index in [0.29, 0.717) is 45.5 Å². The molecule has 0 bridgehead atoms. The molecule has 0 aliphatic carbocycles. The van der Waals surface area contributed by atoms with Crippen molar-refractivity contribution in [2.24, 2.45) is 23.7 Å². The number of carbonyl (C=O) groups is 2. The van der Waals surface area contributed by atoms with Gasteiger partial charge in [0.1, 0.15) is 0 Å². The van der Waals surface area contributed by atoms with E-state index in [0.717, 1.165) is 26.2 Å². The van der Waals surface area contributed by atoms with Gasteiger partial charge >= 0.3 is 0 Å². The largest absolute Gasteiger partial charge is 0.341 e. The molecule has 30 heavy (non-hydrogen) atoms. The van der Waals surface area contributed by atoms with E-state index in [-0.39, 0.29) is 11.8 Å². The third-order valence-electron chi connectivity index (χ3n) is 5.73. The summed E-state index contributed by atoms with van der Waals surface area (Å²) in [6.07, 6.45) is 2.34. The summed E-state index contributed by atoms with van der Waals surface area (Å²) < 4.78 is 1.39.